The summed E-state index contributed by atoms with van der Waals surface area (Å²) in [6.07, 6.45) is 0. The summed E-state index contributed by atoms with van der Waals surface area (Å²) in [5, 5.41) is 18.2. The summed E-state index contributed by atoms with van der Waals surface area (Å²) in [6.45, 7) is 0. The van der Waals surface area contributed by atoms with E-state index in [1.54, 1.807) is 0 Å². The van der Waals surface area contributed by atoms with Crippen LogP contribution in [0.5, 0.6) is 0 Å². The van der Waals surface area contributed by atoms with Gasteiger partial charge >= 0.3 is 0 Å². The number of rotatable bonds is 6. The molecule has 0 spiro atoms. The Kier molecular flexibility index (Phi) is 8.08. The van der Waals surface area contributed by atoms with Crippen LogP contribution in [0.2, 0.25) is 0 Å². The molecule has 14 aromatic carbocycles. The van der Waals surface area contributed by atoms with E-state index in [1.807, 2.05) is 0 Å². The maximum Gasteiger partial charge on any atom is -0.00203 e. The van der Waals surface area contributed by atoms with Gasteiger partial charge in [0.2, 0.25) is 0 Å². The first-order valence-electron chi connectivity index (χ1n) is 23.0. The highest BCUT2D eigenvalue weighted by Gasteiger charge is 2.18. The van der Waals surface area contributed by atoms with Crippen LogP contribution in [0.15, 0.2) is 243 Å². The van der Waals surface area contributed by atoms with Crippen molar-refractivity contribution < 1.29 is 0 Å². The minimum atomic E-state index is 1.20. The summed E-state index contributed by atoms with van der Waals surface area (Å²) in [7, 11) is 0. The molecule has 0 atom stereocenters. The quantitative estimate of drug-likeness (QED) is 0.146. The van der Waals surface area contributed by atoms with Gasteiger partial charge in [0.05, 0.1) is 0 Å². The number of hydrogen-bond donors (Lipinski definition) is 0. The summed E-state index contributed by atoms with van der Waals surface area (Å²) in [4.78, 5) is 0. The smallest absolute Gasteiger partial charge is 0.00203 e. The van der Waals surface area contributed by atoms with E-state index in [-0.39, 0.29) is 0 Å². The lowest BCUT2D eigenvalue weighted by atomic mass is 9.86. The topological polar surface area (TPSA) is 0 Å². The first-order chi connectivity index (χ1) is 32.7. The highest BCUT2D eigenvalue weighted by molar-refractivity contribution is 6.29. The molecule has 0 saturated heterocycles. The van der Waals surface area contributed by atoms with Crippen LogP contribution in [0.3, 0.4) is 0 Å². The standard InChI is InChI=1S/C66H40/c1-2-9-43(10-3-1)54-31-23-45-28-36-60-55(32-24-46-27-35-59(54)63(45)64(46)60)51-15-6-13-49(39-51)41-19-21-42(22-20-41)50-14-7-16-52(40-50)56-33-25-47-30-38-62-58(34-26-48-29-37-61(56)65(47)66(48)62)57-18-8-12-44-11-4-5-17-53(44)57/h1-40H. The molecule has 0 aliphatic rings. The second-order valence-electron chi connectivity index (χ2n) is 17.9. The van der Waals surface area contributed by atoms with Crippen molar-refractivity contribution in [2.24, 2.45) is 0 Å². The summed E-state index contributed by atoms with van der Waals surface area (Å²) >= 11 is 0. The molecule has 14 aromatic rings. The molecular weight excluding hydrogens is 793 g/mol. The molecule has 66 heavy (non-hydrogen) atoms. The number of hydrogen-bond acceptors (Lipinski definition) is 0. The van der Waals surface area contributed by atoms with E-state index in [4.69, 9.17) is 0 Å². The zero-order valence-electron chi connectivity index (χ0n) is 36.1. The Morgan fingerprint density at radius 3 is 1.02 bits per heavy atom. The lowest BCUT2D eigenvalue weighted by Gasteiger charge is -2.17. The van der Waals surface area contributed by atoms with Crippen molar-refractivity contribution in [2.45, 2.75) is 0 Å². The Hall–Kier alpha value is -8.58. The van der Waals surface area contributed by atoms with E-state index in [9.17, 15) is 0 Å². The van der Waals surface area contributed by atoms with Gasteiger partial charge in [0.15, 0.2) is 0 Å². The summed E-state index contributed by atoms with van der Waals surface area (Å²) in [5.41, 5.74) is 14.9. The van der Waals surface area contributed by atoms with Gasteiger partial charge in [0.25, 0.3) is 0 Å². The molecule has 0 amide bonds. The third-order valence-electron chi connectivity index (χ3n) is 14.4. The molecule has 0 bridgehead atoms. The Morgan fingerprint density at radius 2 is 0.500 bits per heavy atom. The van der Waals surface area contributed by atoms with Gasteiger partial charge in [-0.05, 0) is 154 Å². The first-order valence-corrected chi connectivity index (χ1v) is 23.0. The van der Waals surface area contributed by atoms with Crippen molar-refractivity contribution in [1.29, 1.82) is 0 Å². The van der Waals surface area contributed by atoms with Crippen molar-refractivity contribution >= 4 is 75.4 Å². The normalized spacial score (nSPS) is 11.9. The van der Waals surface area contributed by atoms with Crippen molar-refractivity contribution in [3.63, 3.8) is 0 Å². The van der Waals surface area contributed by atoms with Gasteiger partial charge in [0.1, 0.15) is 0 Å². The van der Waals surface area contributed by atoms with Gasteiger partial charge in [-0.15, -0.1) is 0 Å². The molecule has 0 heterocycles. The largest absolute Gasteiger partial charge is 0.0622 e. The summed E-state index contributed by atoms with van der Waals surface area (Å²) in [6, 6.07) is 90.3. The number of benzene rings is 14. The molecule has 0 aromatic heterocycles. The van der Waals surface area contributed by atoms with Crippen LogP contribution in [0.4, 0.5) is 0 Å². The van der Waals surface area contributed by atoms with Crippen molar-refractivity contribution in [3.8, 4) is 66.8 Å². The summed E-state index contributed by atoms with van der Waals surface area (Å²) in [5.74, 6) is 0. The molecule has 0 nitrogen and oxygen atoms in total. The first kappa shape index (κ1) is 36.9. The van der Waals surface area contributed by atoms with Crippen LogP contribution in [0.1, 0.15) is 0 Å². The van der Waals surface area contributed by atoms with Crippen molar-refractivity contribution in [2.75, 3.05) is 0 Å². The zero-order chi connectivity index (χ0) is 43.3. The van der Waals surface area contributed by atoms with Crippen LogP contribution < -0.4 is 0 Å². The van der Waals surface area contributed by atoms with E-state index in [0.717, 1.165) is 0 Å². The van der Waals surface area contributed by atoms with Crippen LogP contribution in [-0.2, 0) is 0 Å². The zero-order valence-corrected chi connectivity index (χ0v) is 36.1. The average Bonchev–Trinajstić information content (AvgIpc) is 3.39. The Bertz CT molecular complexity index is 4190. The lowest BCUT2D eigenvalue weighted by Crippen LogP contribution is -1.90. The van der Waals surface area contributed by atoms with E-state index in [0.29, 0.717) is 0 Å². The Morgan fingerprint density at radius 1 is 0.152 bits per heavy atom. The molecule has 0 unspecified atom stereocenters. The monoisotopic (exact) mass is 832 g/mol. The molecule has 0 fully saturated rings. The van der Waals surface area contributed by atoms with Crippen molar-refractivity contribution in [1.82, 2.24) is 0 Å². The molecule has 0 heteroatoms. The molecule has 304 valence electrons. The molecule has 0 saturated carbocycles. The van der Waals surface area contributed by atoms with Gasteiger partial charge in [0, 0.05) is 0 Å². The molecular formula is C66H40. The van der Waals surface area contributed by atoms with E-state index in [1.165, 1.54) is 142 Å². The minimum Gasteiger partial charge on any atom is -0.0622 e. The second-order valence-corrected chi connectivity index (χ2v) is 17.9. The van der Waals surface area contributed by atoms with E-state index in [2.05, 4.69) is 243 Å². The predicted molar refractivity (Wildman–Crippen MR) is 284 cm³/mol. The Labute approximate surface area is 383 Å². The molecule has 14 rings (SSSR count). The van der Waals surface area contributed by atoms with Gasteiger partial charge in [-0.2, -0.15) is 0 Å². The van der Waals surface area contributed by atoms with Crippen LogP contribution in [0.25, 0.3) is 142 Å². The van der Waals surface area contributed by atoms with Gasteiger partial charge < -0.3 is 0 Å². The lowest BCUT2D eigenvalue weighted by molar-refractivity contribution is 1.58. The maximum absolute atomic E-state index is 2.36. The molecule has 0 aliphatic heterocycles. The van der Waals surface area contributed by atoms with Crippen molar-refractivity contribution in [3.05, 3.63) is 243 Å². The molecule has 0 aliphatic carbocycles. The minimum absolute atomic E-state index is 1.20. The van der Waals surface area contributed by atoms with Gasteiger partial charge in [-0.25, -0.2) is 0 Å². The van der Waals surface area contributed by atoms with Crippen LogP contribution in [0, 0.1) is 0 Å². The number of fused-ring (bicyclic) bond motifs is 1. The fourth-order valence-electron chi connectivity index (χ4n) is 11.3. The Balaban J connectivity index is 0.813. The maximum atomic E-state index is 2.36. The van der Waals surface area contributed by atoms with Gasteiger partial charge in [-0.1, -0.05) is 231 Å². The van der Waals surface area contributed by atoms with Crippen LogP contribution >= 0.6 is 0 Å². The fraction of sp³-hybridized carbons (Fsp3) is 0. The SMILES string of the molecule is c1ccc(-c2ccc3ccc4c(-c5cccc(-c6ccc(-c7cccc(-c8ccc9ccc%10c(-c%11cccc%12ccccc%11%12)ccc%11ccc8c9c%11%10)c7)cc6)c5)ccc5ccc2c3c54)cc1. The molecule has 0 N–H and O–H groups in total. The average molecular weight is 833 g/mol. The summed E-state index contributed by atoms with van der Waals surface area (Å²) < 4.78 is 0. The fourth-order valence-corrected chi connectivity index (χ4v) is 11.3. The highest BCUT2D eigenvalue weighted by atomic mass is 14.2. The van der Waals surface area contributed by atoms with E-state index < -0.39 is 0 Å². The second kappa shape index (κ2) is 14.5. The predicted octanol–water partition coefficient (Wildman–Crippen LogP) is 18.6. The molecule has 0 radical (unpaired) electrons. The third-order valence-corrected chi connectivity index (χ3v) is 14.4. The van der Waals surface area contributed by atoms with E-state index >= 15 is 0 Å². The van der Waals surface area contributed by atoms with Crippen LogP contribution in [-0.4, -0.2) is 0 Å². The highest BCUT2D eigenvalue weighted by Crippen LogP contribution is 2.45. The third kappa shape index (κ3) is 5.65. The van der Waals surface area contributed by atoms with Gasteiger partial charge in [-0.3, -0.25) is 0 Å².